The van der Waals surface area contributed by atoms with Crippen LogP contribution in [0.4, 0.5) is 5.82 Å². The molecule has 0 bridgehead atoms. The number of hydrogen-bond acceptors (Lipinski definition) is 7. The summed E-state index contributed by atoms with van der Waals surface area (Å²) in [6.07, 6.45) is 0.567. The summed E-state index contributed by atoms with van der Waals surface area (Å²) in [7, 11) is 0. The maximum absolute atomic E-state index is 12.4. The number of aryl methyl sites for hydroxylation is 1. The van der Waals surface area contributed by atoms with Gasteiger partial charge in [0, 0.05) is 32.2 Å². The Labute approximate surface area is 153 Å². The van der Waals surface area contributed by atoms with Crippen molar-refractivity contribution in [3.8, 4) is 0 Å². The van der Waals surface area contributed by atoms with E-state index in [0.29, 0.717) is 37.8 Å². The van der Waals surface area contributed by atoms with Gasteiger partial charge in [-0.2, -0.15) is 0 Å². The first-order valence-corrected chi connectivity index (χ1v) is 8.70. The van der Waals surface area contributed by atoms with E-state index >= 15 is 0 Å². The number of carbonyl (C=O) groups excluding carboxylic acids is 3. The highest BCUT2D eigenvalue weighted by Gasteiger charge is 2.19. The monoisotopic (exact) mass is 369 g/mol. The van der Waals surface area contributed by atoms with Crippen LogP contribution in [0, 0.1) is 6.92 Å². The van der Waals surface area contributed by atoms with Crippen LogP contribution in [0.25, 0.3) is 0 Å². The molecule has 1 heterocycles. The molecule has 1 N–H and O–H groups in total. The molecule has 0 aromatic carbocycles. The first kappa shape index (κ1) is 21.6. The van der Waals surface area contributed by atoms with Crippen LogP contribution < -0.4 is 5.32 Å². The van der Waals surface area contributed by atoms with Crippen LogP contribution >= 0.6 is 0 Å². The third-order valence-electron chi connectivity index (χ3n) is 3.35. The van der Waals surface area contributed by atoms with Gasteiger partial charge in [0.15, 0.2) is 5.82 Å². The third kappa shape index (κ3) is 8.61. The molecule has 26 heavy (non-hydrogen) atoms. The Kier molecular flexibility index (Phi) is 9.99. The molecular formula is C17H27N3O6. The second-order valence-corrected chi connectivity index (χ2v) is 5.54. The molecule has 146 valence electrons. The minimum Gasteiger partial charge on any atom is -0.466 e. The normalized spacial score (nSPS) is 10.4. The van der Waals surface area contributed by atoms with Gasteiger partial charge in [0.05, 0.1) is 19.6 Å². The maximum atomic E-state index is 12.4. The van der Waals surface area contributed by atoms with Gasteiger partial charge in [-0.25, -0.2) is 0 Å². The van der Waals surface area contributed by atoms with E-state index in [2.05, 4.69) is 10.5 Å². The van der Waals surface area contributed by atoms with E-state index in [1.54, 1.807) is 19.9 Å². The summed E-state index contributed by atoms with van der Waals surface area (Å²) in [5, 5.41) is 6.26. The molecule has 0 radical (unpaired) electrons. The molecule has 1 aromatic heterocycles. The van der Waals surface area contributed by atoms with E-state index in [4.69, 9.17) is 14.0 Å². The second-order valence-electron chi connectivity index (χ2n) is 5.54. The quantitative estimate of drug-likeness (QED) is 0.439. The van der Waals surface area contributed by atoms with Crippen LogP contribution in [0.5, 0.6) is 0 Å². The second kappa shape index (κ2) is 12.0. The molecule has 0 aliphatic carbocycles. The predicted octanol–water partition coefficient (Wildman–Crippen LogP) is 1.52. The topological polar surface area (TPSA) is 111 Å². The maximum Gasteiger partial charge on any atom is 0.306 e. The van der Waals surface area contributed by atoms with E-state index in [1.165, 1.54) is 4.90 Å². The lowest BCUT2D eigenvalue weighted by molar-refractivity contribution is -0.145. The van der Waals surface area contributed by atoms with E-state index in [9.17, 15) is 14.4 Å². The van der Waals surface area contributed by atoms with Crippen LogP contribution in [0.3, 0.4) is 0 Å². The molecule has 2 amide bonds. The molecule has 0 atom stereocenters. The van der Waals surface area contributed by atoms with E-state index in [0.717, 1.165) is 0 Å². The lowest BCUT2D eigenvalue weighted by atomic mass is 10.2. The molecule has 9 heteroatoms. The van der Waals surface area contributed by atoms with Gasteiger partial charge < -0.3 is 24.2 Å². The van der Waals surface area contributed by atoms with Crippen molar-refractivity contribution in [2.24, 2.45) is 0 Å². The fourth-order valence-electron chi connectivity index (χ4n) is 2.18. The zero-order valence-corrected chi connectivity index (χ0v) is 15.6. The lowest BCUT2D eigenvalue weighted by Crippen LogP contribution is -2.39. The zero-order chi connectivity index (χ0) is 19.4. The standard InChI is InChI=1S/C17H27N3O6/c1-4-24-10-6-9-20(16(22)7-8-17(23)25-5-2)12-15(21)18-14-11-13(3)26-19-14/h11H,4-10,12H2,1-3H3,(H,18,19,21). The van der Waals surface area contributed by atoms with Crippen molar-refractivity contribution in [2.45, 2.75) is 40.0 Å². The Balaban J connectivity index is 2.56. The Morgan fingerprint density at radius 3 is 2.62 bits per heavy atom. The number of hydrogen-bond donors (Lipinski definition) is 1. The summed E-state index contributed by atoms with van der Waals surface area (Å²) < 4.78 is 15.0. The molecule has 1 aromatic rings. The van der Waals surface area contributed by atoms with Gasteiger partial charge >= 0.3 is 5.97 Å². The van der Waals surface area contributed by atoms with Gasteiger partial charge in [-0.15, -0.1) is 0 Å². The van der Waals surface area contributed by atoms with Gasteiger partial charge in [-0.3, -0.25) is 14.4 Å². The number of ether oxygens (including phenoxy) is 2. The van der Waals surface area contributed by atoms with Crippen LogP contribution in [-0.4, -0.2) is 60.8 Å². The number of aromatic nitrogens is 1. The zero-order valence-electron chi connectivity index (χ0n) is 15.6. The average Bonchev–Trinajstić information content (AvgIpc) is 3.00. The van der Waals surface area contributed by atoms with Crippen molar-refractivity contribution < 1.29 is 28.4 Å². The van der Waals surface area contributed by atoms with Gasteiger partial charge in [0.25, 0.3) is 0 Å². The van der Waals surface area contributed by atoms with E-state index < -0.39 is 5.97 Å². The molecule has 1 rings (SSSR count). The Morgan fingerprint density at radius 1 is 1.23 bits per heavy atom. The summed E-state index contributed by atoms with van der Waals surface area (Å²) in [4.78, 5) is 37.4. The van der Waals surface area contributed by atoms with Crippen LogP contribution in [-0.2, 0) is 23.9 Å². The summed E-state index contributed by atoms with van der Waals surface area (Å²) in [6.45, 7) is 6.86. The first-order valence-electron chi connectivity index (χ1n) is 8.70. The van der Waals surface area contributed by atoms with Crippen molar-refractivity contribution >= 4 is 23.6 Å². The summed E-state index contributed by atoms with van der Waals surface area (Å²) in [5.41, 5.74) is 0. The van der Waals surface area contributed by atoms with Crippen molar-refractivity contribution in [3.05, 3.63) is 11.8 Å². The van der Waals surface area contributed by atoms with Crippen LogP contribution in [0.2, 0.25) is 0 Å². The van der Waals surface area contributed by atoms with Crippen molar-refractivity contribution in [2.75, 3.05) is 38.2 Å². The molecule has 0 unspecified atom stereocenters. The SMILES string of the molecule is CCOCCCN(CC(=O)Nc1cc(C)on1)C(=O)CCC(=O)OCC. The Hall–Kier alpha value is -2.42. The van der Waals surface area contributed by atoms with Gasteiger partial charge in [0.1, 0.15) is 5.76 Å². The number of amides is 2. The number of esters is 1. The highest BCUT2D eigenvalue weighted by Crippen LogP contribution is 2.08. The highest BCUT2D eigenvalue weighted by molar-refractivity contribution is 5.94. The first-order chi connectivity index (χ1) is 12.5. The predicted molar refractivity (Wildman–Crippen MR) is 93.4 cm³/mol. The molecule has 0 aliphatic rings. The van der Waals surface area contributed by atoms with Crippen molar-refractivity contribution in [1.29, 1.82) is 0 Å². The highest BCUT2D eigenvalue weighted by atomic mass is 16.5. The van der Waals surface area contributed by atoms with Crippen molar-refractivity contribution in [1.82, 2.24) is 10.1 Å². The van der Waals surface area contributed by atoms with Gasteiger partial charge in [0.2, 0.25) is 11.8 Å². The molecule has 9 nitrogen and oxygen atoms in total. The number of nitrogens with zero attached hydrogens (tertiary/aromatic N) is 2. The summed E-state index contributed by atoms with van der Waals surface area (Å²) in [5.74, 6) is -0.252. The lowest BCUT2D eigenvalue weighted by Gasteiger charge is -2.22. The number of rotatable bonds is 12. The Morgan fingerprint density at radius 2 is 2.00 bits per heavy atom. The minimum absolute atomic E-state index is 0.0101. The van der Waals surface area contributed by atoms with Crippen LogP contribution in [0.1, 0.15) is 38.9 Å². The number of anilines is 1. The van der Waals surface area contributed by atoms with Crippen molar-refractivity contribution in [3.63, 3.8) is 0 Å². The summed E-state index contributed by atoms with van der Waals surface area (Å²) >= 11 is 0. The molecule has 0 saturated heterocycles. The Bertz CT molecular complexity index is 587. The van der Waals surface area contributed by atoms with Gasteiger partial charge in [-0.05, 0) is 27.2 Å². The number of carbonyl (C=O) groups is 3. The third-order valence-corrected chi connectivity index (χ3v) is 3.35. The molecule has 0 fully saturated rings. The van der Waals surface area contributed by atoms with Crippen LogP contribution in [0.15, 0.2) is 10.6 Å². The van der Waals surface area contributed by atoms with Gasteiger partial charge in [-0.1, -0.05) is 5.16 Å². The van der Waals surface area contributed by atoms with E-state index in [-0.39, 0.29) is 37.8 Å². The molecule has 0 aliphatic heterocycles. The molecular weight excluding hydrogens is 342 g/mol. The molecule has 0 saturated carbocycles. The fraction of sp³-hybridized carbons (Fsp3) is 0.647. The van der Waals surface area contributed by atoms with E-state index in [1.807, 2.05) is 6.92 Å². The number of nitrogens with one attached hydrogen (secondary N) is 1. The minimum atomic E-state index is -0.433. The largest absolute Gasteiger partial charge is 0.466 e. The molecule has 0 spiro atoms. The smallest absolute Gasteiger partial charge is 0.306 e. The fourth-order valence-corrected chi connectivity index (χ4v) is 2.18. The summed E-state index contributed by atoms with van der Waals surface area (Å²) in [6, 6.07) is 1.58. The average molecular weight is 369 g/mol.